The van der Waals surface area contributed by atoms with E-state index in [0.29, 0.717) is 13.0 Å². The van der Waals surface area contributed by atoms with Gasteiger partial charge in [0.2, 0.25) is 0 Å². The molecule has 3 N–H and O–H groups in total. The molecule has 0 fully saturated rings. The van der Waals surface area contributed by atoms with E-state index >= 15 is 0 Å². The monoisotopic (exact) mass is 337 g/mol. The van der Waals surface area contributed by atoms with Gasteiger partial charge in [0.1, 0.15) is 9.84 Å². The van der Waals surface area contributed by atoms with Crippen LogP contribution in [0.15, 0.2) is 30.5 Å². The average molecular weight is 337 g/mol. The second-order valence-corrected chi connectivity index (χ2v) is 8.09. The Balaban J connectivity index is 1.75. The van der Waals surface area contributed by atoms with Crippen molar-refractivity contribution in [2.45, 2.75) is 25.8 Å². The van der Waals surface area contributed by atoms with Gasteiger partial charge in [-0.3, -0.25) is 0 Å². The first kappa shape index (κ1) is 17.3. The van der Waals surface area contributed by atoms with Crippen molar-refractivity contribution < 1.29 is 13.2 Å². The number of H-pyrrole nitrogens is 1. The fourth-order valence-electron chi connectivity index (χ4n) is 2.42. The average Bonchev–Trinajstić information content (AvgIpc) is 2.94. The number of sulfone groups is 1. The Bertz CT molecular complexity index is 768. The van der Waals surface area contributed by atoms with E-state index in [1.54, 1.807) is 6.92 Å². The number of amides is 2. The molecule has 23 heavy (non-hydrogen) atoms. The Morgan fingerprint density at radius 3 is 2.83 bits per heavy atom. The smallest absolute Gasteiger partial charge is 0.315 e. The SMILES string of the molecule is C[C@H](CCS(C)(=O)=O)NC(=O)NCCc1cccc2[nH]ccc12. The molecule has 0 spiro atoms. The maximum absolute atomic E-state index is 11.8. The summed E-state index contributed by atoms with van der Waals surface area (Å²) in [6.07, 6.45) is 4.24. The van der Waals surface area contributed by atoms with Gasteiger partial charge in [-0.05, 0) is 37.5 Å². The summed E-state index contributed by atoms with van der Waals surface area (Å²) in [7, 11) is -3.00. The van der Waals surface area contributed by atoms with Crippen molar-refractivity contribution in [1.82, 2.24) is 15.6 Å². The van der Waals surface area contributed by atoms with E-state index in [1.807, 2.05) is 30.5 Å². The van der Waals surface area contributed by atoms with E-state index < -0.39 is 9.84 Å². The third-order valence-electron chi connectivity index (χ3n) is 3.66. The van der Waals surface area contributed by atoms with Crippen LogP contribution in [0.3, 0.4) is 0 Å². The molecule has 2 aromatic rings. The number of nitrogens with one attached hydrogen (secondary N) is 3. The van der Waals surface area contributed by atoms with Crippen LogP contribution in [0.1, 0.15) is 18.9 Å². The van der Waals surface area contributed by atoms with Gasteiger partial charge in [-0.1, -0.05) is 12.1 Å². The van der Waals surface area contributed by atoms with E-state index in [0.717, 1.165) is 17.3 Å². The quantitative estimate of drug-likeness (QED) is 0.720. The van der Waals surface area contributed by atoms with E-state index in [1.165, 1.54) is 11.8 Å². The molecule has 2 rings (SSSR count). The molecule has 6 nitrogen and oxygen atoms in total. The van der Waals surface area contributed by atoms with E-state index in [4.69, 9.17) is 0 Å². The Hall–Kier alpha value is -2.02. The van der Waals surface area contributed by atoms with Gasteiger partial charge in [-0.2, -0.15) is 0 Å². The van der Waals surface area contributed by atoms with Crippen molar-refractivity contribution in [3.8, 4) is 0 Å². The van der Waals surface area contributed by atoms with Crippen LogP contribution in [-0.4, -0.2) is 44.0 Å². The van der Waals surface area contributed by atoms with Crippen LogP contribution in [-0.2, 0) is 16.3 Å². The van der Waals surface area contributed by atoms with Crippen LogP contribution in [0, 0.1) is 0 Å². The molecule has 1 heterocycles. The van der Waals surface area contributed by atoms with Gasteiger partial charge in [0.25, 0.3) is 0 Å². The third-order valence-corrected chi connectivity index (χ3v) is 4.64. The van der Waals surface area contributed by atoms with Crippen molar-refractivity contribution in [2.24, 2.45) is 0 Å². The van der Waals surface area contributed by atoms with Crippen molar-refractivity contribution in [2.75, 3.05) is 18.6 Å². The number of rotatable bonds is 7. The number of benzene rings is 1. The van der Waals surface area contributed by atoms with E-state index in [-0.39, 0.29) is 17.8 Å². The highest BCUT2D eigenvalue weighted by Gasteiger charge is 2.10. The number of fused-ring (bicyclic) bond motifs is 1. The zero-order valence-corrected chi connectivity index (χ0v) is 14.2. The third kappa shape index (κ3) is 5.59. The molecule has 0 aliphatic rings. The first-order valence-corrected chi connectivity index (χ1v) is 9.68. The van der Waals surface area contributed by atoms with Crippen LogP contribution >= 0.6 is 0 Å². The van der Waals surface area contributed by atoms with Gasteiger partial charge in [0.15, 0.2) is 0 Å². The number of carbonyl (C=O) groups is 1. The van der Waals surface area contributed by atoms with Gasteiger partial charge in [0.05, 0.1) is 5.75 Å². The molecule has 0 bridgehead atoms. The van der Waals surface area contributed by atoms with Gasteiger partial charge in [-0.25, -0.2) is 13.2 Å². The van der Waals surface area contributed by atoms with Crippen LogP contribution in [0.5, 0.6) is 0 Å². The number of aromatic amines is 1. The molecule has 126 valence electrons. The fraction of sp³-hybridized carbons (Fsp3) is 0.438. The summed E-state index contributed by atoms with van der Waals surface area (Å²) in [4.78, 5) is 15.0. The Labute approximate surface area is 136 Å². The summed E-state index contributed by atoms with van der Waals surface area (Å²) in [5, 5.41) is 6.72. The highest BCUT2D eigenvalue weighted by Crippen LogP contribution is 2.17. The van der Waals surface area contributed by atoms with E-state index in [2.05, 4.69) is 15.6 Å². The summed E-state index contributed by atoms with van der Waals surface area (Å²) in [5.41, 5.74) is 2.26. The van der Waals surface area contributed by atoms with Crippen molar-refractivity contribution in [3.63, 3.8) is 0 Å². The first-order valence-electron chi connectivity index (χ1n) is 7.62. The molecule has 2 amide bonds. The van der Waals surface area contributed by atoms with Crippen molar-refractivity contribution >= 4 is 26.8 Å². The number of hydrogen-bond donors (Lipinski definition) is 3. The molecule has 0 saturated carbocycles. The molecule has 7 heteroatoms. The summed E-state index contributed by atoms with van der Waals surface area (Å²) >= 11 is 0. The second-order valence-electron chi connectivity index (χ2n) is 5.83. The minimum absolute atomic E-state index is 0.0733. The summed E-state index contributed by atoms with van der Waals surface area (Å²) < 4.78 is 22.2. The topological polar surface area (TPSA) is 91.1 Å². The fourth-order valence-corrected chi connectivity index (χ4v) is 3.20. The van der Waals surface area contributed by atoms with Crippen molar-refractivity contribution in [3.05, 3.63) is 36.0 Å². The standard InChI is InChI=1S/C16H23N3O3S/c1-12(8-11-23(2,21)22)19-16(20)18-9-6-13-4-3-5-15-14(13)7-10-17-15/h3-5,7,10,12,17H,6,8-9,11H2,1-2H3,(H2,18,19,20)/t12-/m1/s1. The largest absolute Gasteiger partial charge is 0.361 e. The number of hydrogen-bond acceptors (Lipinski definition) is 3. The normalized spacial score (nSPS) is 13.0. The van der Waals surface area contributed by atoms with Gasteiger partial charge < -0.3 is 15.6 Å². The summed E-state index contributed by atoms with van der Waals surface area (Å²) in [5.74, 6) is 0.0733. The Morgan fingerprint density at radius 1 is 1.30 bits per heavy atom. The van der Waals surface area contributed by atoms with Crippen LogP contribution in [0.2, 0.25) is 0 Å². The van der Waals surface area contributed by atoms with Gasteiger partial charge in [-0.15, -0.1) is 0 Å². The van der Waals surface area contributed by atoms with Crippen molar-refractivity contribution in [1.29, 1.82) is 0 Å². The highest BCUT2D eigenvalue weighted by atomic mass is 32.2. The minimum atomic E-state index is -3.00. The number of urea groups is 1. The van der Waals surface area contributed by atoms with E-state index in [9.17, 15) is 13.2 Å². The molecule has 0 saturated heterocycles. The predicted octanol–water partition coefficient (Wildman–Crippen LogP) is 1.83. The van der Waals surface area contributed by atoms with Crippen LogP contribution in [0.25, 0.3) is 10.9 Å². The number of aromatic nitrogens is 1. The molecular formula is C16H23N3O3S. The highest BCUT2D eigenvalue weighted by molar-refractivity contribution is 7.90. The predicted molar refractivity (Wildman–Crippen MR) is 92.3 cm³/mol. The van der Waals surface area contributed by atoms with Gasteiger partial charge >= 0.3 is 6.03 Å². The molecule has 0 aliphatic heterocycles. The molecule has 0 radical (unpaired) electrons. The maximum Gasteiger partial charge on any atom is 0.315 e. The summed E-state index contributed by atoms with van der Waals surface area (Å²) in [6, 6.07) is 7.62. The van der Waals surface area contributed by atoms with Gasteiger partial charge in [0, 0.05) is 35.9 Å². The lowest BCUT2D eigenvalue weighted by atomic mass is 10.1. The lowest BCUT2D eigenvalue weighted by molar-refractivity contribution is 0.237. The lowest BCUT2D eigenvalue weighted by Gasteiger charge is -2.14. The number of carbonyl (C=O) groups excluding carboxylic acids is 1. The zero-order chi connectivity index (χ0) is 16.9. The van der Waals surface area contributed by atoms with Crippen LogP contribution in [0.4, 0.5) is 4.79 Å². The molecular weight excluding hydrogens is 314 g/mol. The minimum Gasteiger partial charge on any atom is -0.361 e. The molecule has 1 aromatic carbocycles. The Kier molecular flexibility index (Phi) is 5.65. The maximum atomic E-state index is 11.8. The molecule has 1 aromatic heterocycles. The molecule has 0 unspecified atom stereocenters. The molecule has 0 aliphatic carbocycles. The first-order chi connectivity index (χ1) is 10.8. The molecule has 1 atom stereocenters. The Morgan fingerprint density at radius 2 is 2.09 bits per heavy atom. The van der Waals surface area contributed by atoms with Crippen LogP contribution < -0.4 is 10.6 Å². The summed E-state index contributed by atoms with van der Waals surface area (Å²) in [6.45, 7) is 2.32. The second kappa shape index (κ2) is 7.50. The lowest BCUT2D eigenvalue weighted by Crippen LogP contribution is -2.42. The zero-order valence-electron chi connectivity index (χ0n) is 13.4.